The van der Waals surface area contributed by atoms with Gasteiger partial charge in [-0.2, -0.15) is 0 Å². The first kappa shape index (κ1) is 28.1. The summed E-state index contributed by atoms with van der Waals surface area (Å²) in [6.07, 6.45) is 6.04. The molecule has 4 rings (SSSR count). The molecule has 38 heavy (non-hydrogen) atoms. The first-order valence-electron chi connectivity index (χ1n) is 13.3. The van der Waals surface area contributed by atoms with Crippen molar-refractivity contribution < 1.29 is 19.2 Å². The van der Waals surface area contributed by atoms with Crippen molar-refractivity contribution in [1.29, 1.82) is 0 Å². The number of halogens is 2. The van der Waals surface area contributed by atoms with Crippen LogP contribution in [0.15, 0.2) is 42.5 Å². The molecule has 1 aliphatic carbocycles. The Morgan fingerprint density at radius 3 is 2.29 bits per heavy atom. The van der Waals surface area contributed by atoms with Gasteiger partial charge in [-0.1, -0.05) is 67.6 Å². The number of carbonyl (C=O) groups is 4. The van der Waals surface area contributed by atoms with Crippen molar-refractivity contribution in [3.63, 3.8) is 0 Å². The zero-order chi connectivity index (χ0) is 27.2. The van der Waals surface area contributed by atoms with Crippen molar-refractivity contribution in [2.45, 2.75) is 76.9 Å². The highest BCUT2D eigenvalue weighted by atomic mass is 35.5. The molecule has 0 aromatic heterocycles. The minimum atomic E-state index is -0.671. The van der Waals surface area contributed by atoms with Crippen molar-refractivity contribution in [2.75, 3.05) is 6.54 Å². The van der Waals surface area contributed by atoms with Crippen LogP contribution in [0, 0.1) is 0 Å². The average molecular weight is 559 g/mol. The van der Waals surface area contributed by atoms with Gasteiger partial charge in [-0.15, -0.1) is 0 Å². The van der Waals surface area contributed by atoms with Crippen LogP contribution in [0.4, 0.5) is 0 Å². The highest BCUT2D eigenvalue weighted by Crippen LogP contribution is 2.26. The topological polar surface area (TPSA) is 86.8 Å². The van der Waals surface area contributed by atoms with Gasteiger partial charge in [0.05, 0.1) is 11.1 Å². The maximum absolute atomic E-state index is 13.6. The number of fused-ring (bicyclic) bond motifs is 1. The summed E-state index contributed by atoms with van der Waals surface area (Å²) in [4.78, 5) is 55.0. The largest absolute Gasteiger partial charge is 0.352 e. The van der Waals surface area contributed by atoms with Crippen molar-refractivity contribution in [3.8, 4) is 0 Å². The van der Waals surface area contributed by atoms with Gasteiger partial charge in [-0.3, -0.25) is 24.1 Å². The predicted octanol–water partition coefficient (Wildman–Crippen LogP) is 5.63. The molecule has 202 valence electrons. The lowest BCUT2D eigenvalue weighted by Gasteiger charge is -2.33. The van der Waals surface area contributed by atoms with E-state index in [0.29, 0.717) is 33.2 Å². The molecule has 1 saturated carbocycles. The van der Waals surface area contributed by atoms with Crippen LogP contribution >= 0.6 is 23.2 Å². The molecule has 0 spiro atoms. The molecule has 0 unspecified atom stereocenters. The fourth-order valence-corrected chi connectivity index (χ4v) is 5.74. The van der Waals surface area contributed by atoms with Crippen LogP contribution < -0.4 is 5.32 Å². The molecule has 1 fully saturated rings. The minimum absolute atomic E-state index is 0.0752. The molecule has 0 radical (unpaired) electrons. The Bertz CT molecular complexity index is 1180. The minimum Gasteiger partial charge on any atom is -0.352 e. The second-order valence-corrected chi connectivity index (χ2v) is 10.8. The van der Waals surface area contributed by atoms with E-state index in [0.717, 1.165) is 25.7 Å². The predicted molar refractivity (Wildman–Crippen MR) is 147 cm³/mol. The quantitative estimate of drug-likeness (QED) is 0.383. The highest BCUT2D eigenvalue weighted by molar-refractivity contribution is 6.35. The summed E-state index contributed by atoms with van der Waals surface area (Å²) < 4.78 is 0. The summed E-state index contributed by atoms with van der Waals surface area (Å²) in [6, 6.07) is 11.2. The Balaban J connectivity index is 1.46. The first-order chi connectivity index (χ1) is 18.3. The van der Waals surface area contributed by atoms with Gasteiger partial charge in [0.15, 0.2) is 0 Å². The summed E-state index contributed by atoms with van der Waals surface area (Å²) in [6.45, 7) is 2.16. The SMILES string of the molecule is CC[C@H](C(=O)NC1CCCCC1)N(Cc1ccc(Cl)cc1Cl)C(=O)CCCN1C(=O)c2ccccc2C1=O. The van der Waals surface area contributed by atoms with E-state index in [1.54, 1.807) is 47.4 Å². The van der Waals surface area contributed by atoms with Crippen LogP contribution in [0.5, 0.6) is 0 Å². The zero-order valence-corrected chi connectivity index (χ0v) is 23.1. The van der Waals surface area contributed by atoms with E-state index in [4.69, 9.17) is 23.2 Å². The Hall–Kier alpha value is -2.90. The Labute approximate surface area is 233 Å². The number of nitrogens with one attached hydrogen (secondary N) is 1. The maximum atomic E-state index is 13.6. The normalized spacial score (nSPS) is 16.3. The van der Waals surface area contributed by atoms with E-state index in [2.05, 4.69) is 5.32 Å². The molecule has 9 heteroatoms. The summed E-state index contributed by atoms with van der Waals surface area (Å²) >= 11 is 12.5. The number of imide groups is 1. The number of nitrogens with zero attached hydrogens (tertiary/aromatic N) is 2. The molecule has 4 amide bonds. The molecular weight excluding hydrogens is 525 g/mol. The van der Waals surface area contributed by atoms with Crippen molar-refractivity contribution in [3.05, 3.63) is 69.2 Å². The Morgan fingerprint density at radius 2 is 1.68 bits per heavy atom. The van der Waals surface area contributed by atoms with Gasteiger partial charge in [0, 0.05) is 35.6 Å². The molecule has 0 bridgehead atoms. The maximum Gasteiger partial charge on any atom is 0.261 e. The second kappa shape index (κ2) is 12.8. The molecular formula is C29H33Cl2N3O4. The van der Waals surface area contributed by atoms with E-state index in [1.165, 1.54) is 11.3 Å². The summed E-state index contributed by atoms with van der Waals surface area (Å²) in [5, 5.41) is 4.06. The standard InChI is InChI=1S/C29H33Cl2N3O4/c1-2-25(27(36)32-21-9-4-3-5-10-21)34(18-19-14-15-20(30)17-24(19)31)26(35)13-8-16-33-28(37)22-11-6-7-12-23(22)29(33)38/h6-7,11-12,14-15,17,21,25H,2-5,8-10,13,16,18H2,1H3,(H,32,36)/t25-/m1/s1. The van der Waals surface area contributed by atoms with Gasteiger partial charge >= 0.3 is 0 Å². The molecule has 7 nitrogen and oxygen atoms in total. The van der Waals surface area contributed by atoms with E-state index in [1.807, 2.05) is 6.92 Å². The Morgan fingerprint density at radius 1 is 1.03 bits per heavy atom. The van der Waals surface area contributed by atoms with Gasteiger partial charge in [0.1, 0.15) is 6.04 Å². The number of hydrogen-bond acceptors (Lipinski definition) is 4. The summed E-state index contributed by atoms with van der Waals surface area (Å²) in [5.41, 5.74) is 1.45. The fraction of sp³-hybridized carbons (Fsp3) is 0.448. The molecule has 1 heterocycles. The summed E-state index contributed by atoms with van der Waals surface area (Å²) in [7, 11) is 0. The van der Waals surface area contributed by atoms with Gasteiger partial charge in [0.2, 0.25) is 11.8 Å². The van der Waals surface area contributed by atoms with E-state index < -0.39 is 6.04 Å². The van der Waals surface area contributed by atoms with Crippen molar-refractivity contribution >= 4 is 46.8 Å². The van der Waals surface area contributed by atoms with Gasteiger partial charge in [-0.05, 0) is 55.5 Å². The van der Waals surface area contributed by atoms with Gasteiger partial charge < -0.3 is 10.2 Å². The number of amides is 4. The monoisotopic (exact) mass is 557 g/mol. The van der Waals surface area contributed by atoms with Crippen molar-refractivity contribution in [2.24, 2.45) is 0 Å². The number of rotatable bonds is 10. The molecule has 2 aliphatic rings. The van der Waals surface area contributed by atoms with E-state index >= 15 is 0 Å². The lowest BCUT2D eigenvalue weighted by atomic mass is 9.95. The molecule has 1 aliphatic heterocycles. The smallest absolute Gasteiger partial charge is 0.261 e. The highest BCUT2D eigenvalue weighted by Gasteiger charge is 2.35. The molecule has 2 aromatic rings. The van der Waals surface area contributed by atoms with Gasteiger partial charge in [0.25, 0.3) is 11.8 Å². The lowest BCUT2D eigenvalue weighted by molar-refractivity contribution is -0.141. The first-order valence-corrected chi connectivity index (χ1v) is 14.0. The Kier molecular flexibility index (Phi) is 9.44. The number of carbonyl (C=O) groups excluding carboxylic acids is 4. The number of benzene rings is 2. The van der Waals surface area contributed by atoms with Crippen LogP contribution in [0.2, 0.25) is 10.0 Å². The van der Waals surface area contributed by atoms with Crippen LogP contribution in [0.25, 0.3) is 0 Å². The van der Waals surface area contributed by atoms with E-state index in [-0.39, 0.29) is 55.6 Å². The third-order valence-corrected chi connectivity index (χ3v) is 7.93. The molecule has 0 saturated heterocycles. The molecule has 2 aromatic carbocycles. The lowest BCUT2D eigenvalue weighted by Crippen LogP contribution is -2.51. The number of hydrogen-bond donors (Lipinski definition) is 1. The van der Waals surface area contributed by atoms with Crippen LogP contribution in [0.3, 0.4) is 0 Å². The third-order valence-electron chi connectivity index (χ3n) is 7.34. The zero-order valence-electron chi connectivity index (χ0n) is 21.6. The van der Waals surface area contributed by atoms with E-state index in [9.17, 15) is 19.2 Å². The molecule has 1 atom stereocenters. The van der Waals surface area contributed by atoms with Crippen LogP contribution in [0.1, 0.15) is 84.6 Å². The average Bonchev–Trinajstić information content (AvgIpc) is 3.15. The van der Waals surface area contributed by atoms with Crippen LogP contribution in [-0.2, 0) is 16.1 Å². The fourth-order valence-electron chi connectivity index (χ4n) is 5.27. The summed E-state index contributed by atoms with van der Waals surface area (Å²) in [5.74, 6) is -1.10. The van der Waals surface area contributed by atoms with Crippen molar-refractivity contribution in [1.82, 2.24) is 15.1 Å². The van der Waals surface area contributed by atoms with Gasteiger partial charge in [-0.25, -0.2) is 0 Å². The second-order valence-electron chi connectivity index (χ2n) is 9.94. The van der Waals surface area contributed by atoms with Crippen LogP contribution in [-0.4, -0.2) is 52.1 Å². The molecule has 1 N–H and O–H groups in total. The third kappa shape index (κ3) is 6.38.